The molecule has 0 saturated heterocycles. The van der Waals surface area contributed by atoms with Gasteiger partial charge in [-0.3, -0.25) is 29.7 Å². The molecule has 14 nitrogen and oxygen atoms in total. The average molecular weight is 1090 g/mol. The summed E-state index contributed by atoms with van der Waals surface area (Å²) >= 11 is 4.49. The molecule has 4 N–H and O–H groups in total. The van der Waals surface area contributed by atoms with Gasteiger partial charge in [0.25, 0.3) is 31.4 Å². The number of benzene rings is 6. The van der Waals surface area contributed by atoms with Gasteiger partial charge in [0.1, 0.15) is 11.5 Å². The molecule has 0 fully saturated rings. The Balaban J connectivity index is 1.59. The number of nitrogens with one attached hydrogen (secondary N) is 2. The molecule has 1 aliphatic heterocycles. The molecule has 72 heavy (non-hydrogen) atoms. The second-order valence-corrected chi connectivity index (χ2v) is 29.2. The molecule has 0 spiro atoms. The summed E-state index contributed by atoms with van der Waals surface area (Å²) < 4.78 is 63.6. The minimum absolute atomic E-state index is 0.135. The van der Waals surface area contributed by atoms with Crippen LogP contribution in [0.1, 0.15) is 105 Å². The van der Waals surface area contributed by atoms with Gasteiger partial charge in [-0.25, -0.2) is 16.8 Å². The summed E-state index contributed by atoms with van der Waals surface area (Å²) in [6, 6.07) is 23.9. The molecule has 0 amide bonds. The number of rotatable bonds is 8. The van der Waals surface area contributed by atoms with E-state index < -0.39 is 51.6 Å². The van der Waals surface area contributed by atoms with E-state index >= 15 is 0 Å². The molecule has 1 aliphatic rings. The quantitative estimate of drug-likeness (QED) is 0.0822. The SMILES string of the molecule is CC(C)(C)c1cc2c(O)c(c1)Sc1cc(C(C)(C)C)cc(c1NS(=O)(=O)c1ccc([N+](=O)[O-])cc1)Sc1cc(C(C)(C)C)cc(c1O)Sc1cc(C(C)(C)C)cc(c1NS(=O)(=O)c1ccc([N+](=O)[O-])cc1)S2. The topological polar surface area (TPSA) is 219 Å². The Kier molecular flexibility index (Phi) is 14.7. The van der Waals surface area contributed by atoms with Gasteiger partial charge in [0.05, 0.1) is 50.6 Å². The van der Waals surface area contributed by atoms with Crippen molar-refractivity contribution in [2.45, 2.75) is 154 Å². The first-order chi connectivity index (χ1) is 33.1. The highest BCUT2D eigenvalue weighted by molar-refractivity contribution is 8.02. The van der Waals surface area contributed by atoms with Gasteiger partial charge in [-0.2, -0.15) is 0 Å². The monoisotopic (exact) mass is 1090 g/mol. The van der Waals surface area contributed by atoms with Crippen molar-refractivity contribution in [2.75, 3.05) is 9.44 Å². The first-order valence-electron chi connectivity index (χ1n) is 22.5. The zero-order valence-corrected chi connectivity index (χ0v) is 46.6. The summed E-state index contributed by atoms with van der Waals surface area (Å²) in [6.45, 7) is 24.2. The third-order valence-corrected chi connectivity index (χ3v) is 18.8. The van der Waals surface area contributed by atoms with Crippen molar-refractivity contribution >= 4 is 89.8 Å². The average Bonchev–Trinajstić information content (AvgIpc) is 3.26. The van der Waals surface area contributed by atoms with E-state index in [-0.39, 0.29) is 44.0 Å². The first-order valence-corrected chi connectivity index (χ1v) is 28.7. The highest BCUT2D eigenvalue weighted by Crippen LogP contribution is 2.55. The summed E-state index contributed by atoms with van der Waals surface area (Å²) in [7, 11) is -8.90. The van der Waals surface area contributed by atoms with Crippen LogP contribution < -0.4 is 9.44 Å². The lowest BCUT2D eigenvalue weighted by atomic mass is 9.87. The number of phenols is 2. The maximum Gasteiger partial charge on any atom is 0.269 e. The maximum absolute atomic E-state index is 14.5. The van der Waals surface area contributed by atoms with Crippen LogP contribution in [0, 0.1) is 20.2 Å². The van der Waals surface area contributed by atoms with Gasteiger partial charge in [-0.15, -0.1) is 0 Å². The molecule has 1 heterocycles. The van der Waals surface area contributed by atoms with E-state index in [1.54, 1.807) is 0 Å². The molecule has 6 aromatic rings. The predicted octanol–water partition coefficient (Wildman–Crippen LogP) is 14.6. The van der Waals surface area contributed by atoms with E-state index in [1.165, 1.54) is 0 Å². The van der Waals surface area contributed by atoms with Crippen LogP contribution in [-0.4, -0.2) is 36.9 Å². The summed E-state index contributed by atoms with van der Waals surface area (Å²) in [4.78, 5) is 24.4. The lowest BCUT2D eigenvalue weighted by molar-refractivity contribution is -0.385. The number of anilines is 2. The Hall–Kier alpha value is -5.38. The molecule has 0 atom stereocenters. The summed E-state index contributed by atoms with van der Waals surface area (Å²) in [5.74, 6) is -0.330. The van der Waals surface area contributed by atoms with Gasteiger partial charge in [0, 0.05) is 43.8 Å². The molecule has 7 rings (SSSR count). The van der Waals surface area contributed by atoms with Gasteiger partial charge in [-0.05, 0) is 117 Å². The van der Waals surface area contributed by atoms with Crippen LogP contribution in [0.15, 0.2) is 146 Å². The molecule has 0 saturated carbocycles. The van der Waals surface area contributed by atoms with E-state index in [0.717, 1.165) is 118 Å². The Morgan fingerprint density at radius 3 is 0.806 bits per heavy atom. The standard InChI is InChI=1S/C52H56N4O10S6/c1-49(2,3)29-21-37-45(53-71(63,64)35-17-13-33(14-18-35)55(59)60)38(22-29)68-42-26-32(52(10,11)12)28-44(48(42)58)70-40-24-30(50(4,5)6)23-39(69-43-27-31(51(7,8)9)25-41(67-37)47(43)57)46(40)54-72(65,66)36-19-15-34(16-20-36)56(61)62/h13-28,53-54,57-58H,1-12H3. The fourth-order valence-electron chi connectivity index (χ4n) is 7.27. The van der Waals surface area contributed by atoms with Crippen LogP contribution >= 0.6 is 47.0 Å². The third kappa shape index (κ3) is 11.8. The molecule has 8 bridgehead atoms. The molecule has 0 aliphatic carbocycles. The number of nitrogens with zero attached hydrogens (tertiary/aromatic N) is 2. The molecule has 6 aromatic carbocycles. The van der Waals surface area contributed by atoms with E-state index in [4.69, 9.17) is 0 Å². The van der Waals surface area contributed by atoms with Crippen LogP contribution in [0.2, 0.25) is 0 Å². The molecule has 20 heteroatoms. The number of fused-ring (bicyclic) bond motifs is 8. The largest absolute Gasteiger partial charge is 0.506 e. The third-order valence-electron chi connectivity index (χ3n) is 11.7. The highest BCUT2D eigenvalue weighted by Gasteiger charge is 2.31. The lowest BCUT2D eigenvalue weighted by Gasteiger charge is -2.27. The normalized spacial score (nSPS) is 13.6. The van der Waals surface area contributed by atoms with Crippen molar-refractivity contribution in [1.29, 1.82) is 0 Å². The second kappa shape index (κ2) is 19.5. The summed E-state index contributed by atoms with van der Waals surface area (Å²) in [5, 5.41) is 48.3. The molecule has 0 unspecified atom stereocenters. The van der Waals surface area contributed by atoms with Crippen molar-refractivity contribution in [2.24, 2.45) is 0 Å². The summed E-state index contributed by atoms with van der Waals surface area (Å²) in [6.07, 6.45) is 0. The van der Waals surface area contributed by atoms with E-state index in [9.17, 15) is 47.3 Å². The van der Waals surface area contributed by atoms with Crippen molar-refractivity contribution in [3.63, 3.8) is 0 Å². The minimum Gasteiger partial charge on any atom is -0.506 e. The fraction of sp³-hybridized carbons (Fsp3) is 0.308. The lowest BCUT2D eigenvalue weighted by Crippen LogP contribution is -2.17. The van der Waals surface area contributed by atoms with Gasteiger partial charge in [0.2, 0.25) is 0 Å². The molecule has 0 aromatic heterocycles. The highest BCUT2D eigenvalue weighted by atomic mass is 32.2. The van der Waals surface area contributed by atoms with Crippen LogP contribution in [0.3, 0.4) is 0 Å². The number of hydrogen-bond acceptors (Lipinski definition) is 14. The number of hydrogen-bond donors (Lipinski definition) is 4. The van der Waals surface area contributed by atoms with Crippen molar-refractivity contribution < 1.29 is 36.9 Å². The Bertz CT molecular complexity index is 3070. The predicted molar refractivity (Wildman–Crippen MR) is 288 cm³/mol. The molecule has 380 valence electrons. The van der Waals surface area contributed by atoms with Crippen LogP contribution in [0.5, 0.6) is 11.5 Å². The van der Waals surface area contributed by atoms with E-state index in [1.807, 2.05) is 132 Å². The van der Waals surface area contributed by atoms with E-state index in [0.29, 0.717) is 39.2 Å². The number of non-ortho nitro benzene ring substituents is 2. The molecule has 0 radical (unpaired) electrons. The van der Waals surface area contributed by atoms with E-state index in [2.05, 4.69) is 9.44 Å². The van der Waals surface area contributed by atoms with Gasteiger partial charge >= 0.3 is 0 Å². The zero-order chi connectivity index (χ0) is 53.3. The Morgan fingerprint density at radius 1 is 0.403 bits per heavy atom. The van der Waals surface area contributed by atoms with Gasteiger partial charge in [0.15, 0.2) is 0 Å². The smallest absolute Gasteiger partial charge is 0.269 e. The summed E-state index contributed by atoms with van der Waals surface area (Å²) in [5.41, 5.74) is 0.892. The first kappa shape index (κ1) is 54.4. The Morgan fingerprint density at radius 2 is 0.611 bits per heavy atom. The van der Waals surface area contributed by atoms with Crippen molar-refractivity contribution in [3.8, 4) is 11.5 Å². The van der Waals surface area contributed by atoms with Crippen molar-refractivity contribution in [1.82, 2.24) is 0 Å². The van der Waals surface area contributed by atoms with Crippen molar-refractivity contribution in [3.05, 3.63) is 140 Å². The van der Waals surface area contributed by atoms with Gasteiger partial charge in [-0.1, -0.05) is 130 Å². The molecular weight excluding hydrogens is 1030 g/mol. The van der Waals surface area contributed by atoms with Crippen LogP contribution in [0.4, 0.5) is 22.7 Å². The van der Waals surface area contributed by atoms with Gasteiger partial charge < -0.3 is 10.2 Å². The van der Waals surface area contributed by atoms with Crippen LogP contribution in [-0.2, 0) is 41.7 Å². The zero-order valence-electron chi connectivity index (χ0n) is 41.7. The number of nitro benzene ring substituents is 2. The second-order valence-electron chi connectivity index (χ2n) is 21.5. The Labute approximate surface area is 438 Å². The fourth-order valence-corrected chi connectivity index (χ4v) is 14.3. The molecular formula is C52H56N4O10S6. The maximum atomic E-state index is 14.5. The number of aromatic hydroxyl groups is 2. The number of nitro groups is 2. The number of sulfonamides is 2. The minimum atomic E-state index is -4.45. The number of phenolic OH excluding ortho intramolecular Hbond substituents is 2. The van der Waals surface area contributed by atoms with Crippen LogP contribution in [0.25, 0.3) is 0 Å².